The van der Waals surface area contributed by atoms with Crippen molar-refractivity contribution in [2.75, 3.05) is 13.1 Å². The Morgan fingerprint density at radius 1 is 0.800 bits per heavy atom. The molecular formula is C42H45NO12. The van der Waals surface area contributed by atoms with Crippen molar-refractivity contribution in [3.63, 3.8) is 0 Å². The van der Waals surface area contributed by atoms with Gasteiger partial charge in [-0.3, -0.25) is 0 Å². The molecule has 290 valence electrons. The third kappa shape index (κ3) is 8.90. The molecule has 0 bridgehead atoms. The van der Waals surface area contributed by atoms with Gasteiger partial charge in [0, 0.05) is 24.1 Å². The molecule has 0 spiro atoms. The first-order chi connectivity index (χ1) is 26.2. The molecule has 1 aliphatic rings. The number of carbonyl (C=O) groups is 2. The molecule has 4 aromatic rings. The van der Waals surface area contributed by atoms with Gasteiger partial charge in [-0.05, 0) is 119 Å². The maximum Gasteiger partial charge on any atom is 0.345 e. The van der Waals surface area contributed by atoms with Crippen molar-refractivity contribution in [1.82, 2.24) is 5.32 Å². The number of aliphatic carboxylic acids is 1. The molecule has 0 aliphatic heterocycles. The summed E-state index contributed by atoms with van der Waals surface area (Å²) in [6.07, 6.45) is 4.20. The van der Waals surface area contributed by atoms with Crippen molar-refractivity contribution in [2.24, 2.45) is 0 Å². The highest BCUT2D eigenvalue weighted by Gasteiger charge is 2.34. The third-order valence-corrected chi connectivity index (χ3v) is 9.68. The number of carboxylic acid groups (broad SMARTS) is 1. The number of fused-ring (bicyclic) bond motifs is 1. The fourth-order valence-corrected chi connectivity index (χ4v) is 6.88. The van der Waals surface area contributed by atoms with E-state index in [4.69, 9.17) is 4.74 Å². The molecule has 0 aromatic heterocycles. The molecule has 55 heavy (non-hydrogen) atoms. The number of benzene rings is 4. The Morgan fingerprint density at radius 3 is 2.11 bits per heavy atom. The van der Waals surface area contributed by atoms with Gasteiger partial charge in [0.05, 0.1) is 0 Å². The van der Waals surface area contributed by atoms with Crippen LogP contribution in [0.3, 0.4) is 0 Å². The van der Waals surface area contributed by atoms with E-state index >= 15 is 0 Å². The predicted octanol–water partition coefficient (Wildman–Crippen LogP) is 6.84. The Hall–Kier alpha value is -6.34. The number of nitrogens with one attached hydrogen (secondary N) is 1. The molecule has 0 radical (unpaired) electrons. The number of hydrogen-bond acceptors (Lipinski definition) is 12. The number of unbranched alkanes of at least 4 members (excludes halogenated alkanes) is 2. The lowest BCUT2D eigenvalue weighted by Crippen LogP contribution is -2.38. The minimum absolute atomic E-state index is 0.00661. The molecule has 1 aliphatic carbocycles. The van der Waals surface area contributed by atoms with E-state index in [-0.39, 0.29) is 41.5 Å². The number of phenols is 8. The second-order valence-corrected chi connectivity index (χ2v) is 13.4. The predicted molar refractivity (Wildman–Crippen MR) is 205 cm³/mol. The van der Waals surface area contributed by atoms with Crippen molar-refractivity contribution < 1.29 is 60.3 Å². The average molecular weight is 756 g/mol. The summed E-state index contributed by atoms with van der Waals surface area (Å²) >= 11 is 0. The molecule has 10 N–H and O–H groups in total. The summed E-state index contributed by atoms with van der Waals surface area (Å²) in [5, 5.41) is 96.6. The van der Waals surface area contributed by atoms with Gasteiger partial charge >= 0.3 is 11.9 Å². The molecule has 2 atom stereocenters. The highest BCUT2D eigenvalue weighted by molar-refractivity contribution is 5.98. The van der Waals surface area contributed by atoms with E-state index in [9.17, 15) is 55.5 Å². The van der Waals surface area contributed by atoms with Crippen LogP contribution >= 0.6 is 0 Å². The van der Waals surface area contributed by atoms with Crippen molar-refractivity contribution in [2.45, 2.75) is 64.4 Å². The molecule has 5 rings (SSSR count). The number of rotatable bonds is 15. The molecule has 0 saturated heterocycles. The zero-order chi connectivity index (χ0) is 40.0. The zero-order valence-electron chi connectivity index (χ0n) is 30.4. The Kier molecular flexibility index (Phi) is 12.5. The number of hydrogen-bond donors (Lipinski definition) is 10. The zero-order valence-corrected chi connectivity index (χ0v) is 30.4. The van der Waals surface area contributed by atoms with Crippen LogP contribution in [0.15, 0.2) is 60.7 Å². The Balaban J connectivity index is 1.62. The van der Waals surface area contributed by atoms with Gasteiger partial charge in [-0.15, -0.1) is 0 Å². The summed E-state index contributed by atoms with van der Waals surface area (Å²) in [7, 11) is 0. The van der Waals surface area contributed by atoms with Crippen molar-refractivity contribution in [1.29, 1.82) is 0 Å². The second kappa shape index (κ2) is 17.2. The van der Waals surface area contributed by atoms with Gasteiger partial charge in [-0.2, -0.15) is 0 Å². The van der Waals surface area contributed by atoms with E-state index in [0.717, 1.165) is 31.1 Å². The lowest BCUT2D eigenvalue weighted by molar-refractivity contribution is -0.162. The van der Waals surface area contributed by atoms with E-state index in [1.54, 1.807) is 25.1 Å². The number of phenolic OH excluding ortho intramolecular Hbond substituents is 8. The number of esters is 1. The largest absolute Gasteiger partial charge is 0.508 e. The quantitative estimate of drug-likeness (QED) is 0.0259. The van der Waals surface area contributed by atoms with Crippen LogP contribution in [0.2, 0.25) is 0 Å². The number of carboxylic acids is 1. The first-order valence-corrected chi connectivity index (χ1v) is 18.0. The number of likely N-dealkylation sites (N-methyl/N-ethyl adjacent to an activating group) is 1. The lowest BCUT2D eigenvalue weighted by Gasteiger charge is -2.25. The van der Waals surface area contributed by atoms with Crippen molar-refractivity contribution >= 4 is 29.2 Å². The summed E-state index contributed by atoms with van der Waals surface area (Å²) < 4.78 is 5.60. The lowest BCUT2D eigenvalue weighted by atomic mass is 9.81. The normalized spacial score (nSPS) is 13.8. The molecule has 0 saturated carbocycles. The molecule has 4 aromatic carbocycles. The monoisotopic (exact) mass is 755 g/mol. The summed E-state index contributed by atoms with van der Waals surface area (Å²) in [5.74, 6) is -7.33. The Bertz CT molecular complexity index is 2130. The standard InChI is InChI=1S/C42H45NO12/c1-3-5-6-8-23(17-38(50)55-41(42(53)54)32(21-43-4-2)25-15-35(47)40(52)36(48)16-25)30-20-37(49)39(51)27-12-11-24(14-31(27)30)29-19-34(46)33(45)18-28(29)22-9-7-10-26(44)13-22/h7,9-10,13-20,32,41,43-49,51-52H,3-6,8,11-12,21H2,1-2H3,(H,53,54)/b23-17+/t32-,41-/m1/s1. The van der Waals surface area contributed by atoms with Gasteiger partial charge in [0.1, 0.15) is 5.75 Å². The molecule has 0 amide bonds. The van der Waals surface area contributed by atoms with Gasteiger partial charge in [-0.1, -0.05) is 44.9 Å². The minimum Gasteiger partial charge on any atom is -0.508 e. The maximum atomic E-state index is 13.8. The molecule has 13 nitrogen and oxygen atoms in total. The van der Waals surface area contributed by atoms with E-state index in [1.807, 2.05) is 6.92 Å². The van der Waals surface area contributed by atoms with Crippen LogP contribution < -0.4 is 5.32 Å². The van der Waals surface area contributed by atoms with Crippen molar-refractivity contribution in [3.8, 4) is 57.1 Å². The summed E-state index contributed by atoms with van der Waals surface area (Å²) in [6.45, 7) is 4.15. The van der Waals surface area contributed by atoms with Crippen LogP contribution in [0.1, 0.15) is 79.7 Å². The van der Waals surface area contributed by atoms with Crippen LogP contribution in [-0.4, -0.2) is 77.1 Å². The van der Waals surface area contributed by atoms with Gasteiger partial charge in [-0.25, -0.2) is 9.59 Å². The molecule has 0 unspecified atom stereocenters. The first kappa shape index (κ1) is 39.9. The Morgan fingerprint density at radius 2 is 1.47 bits per heavy atom. The van der Waals surface area contributed by atoms with E-state index in [2.05, 4.69) is 5.32 Å². The highest BCUT2D eigenvalue weighted by atomic mass is 16.6. The summed E-state index contributed by atoms with van der Waals surface area (Å²) in [6, 6.07) is 12.7. The number of ether oxygens (including phenoxy) is 1. The van der Waals surface area contributed by atoms with Gasteiger partial charge < -0.3 is 56.0 Å². The summed E-state index contributed by atoms with van der Waals surface area (Å²) in [5.41, 5.74) is 4.00. The van der Waals surface area contributed by atoms with E-state index in [1.165, 1.54) is 30.3 Å². The summed E-state index contributed by atoms with van der Waals surface area (Å²) in [4.78, 5) is 26.4. The second-order valence-electron chi connectivity index (χ2n) is 13.4. The van der Waals surface area contributed by atoms with E-state index < -0.39 is 47.0 Å². The smallest absolute Gasteiger partial charge is 0.345 e. The fourth-order valence-electron chi connectivity index (χ4n) is 6.88. The van der Waals surface area contributed by atoms with Crippen LogP contribution in [0.25, 0.3) is 28.3 Å². The first-order valence-electron chi connectivity index (χ1n) is 18.0. The molecule has 13 heteroatoms. The number of aromatic hydroxyl groups is 8. The number of carbonyl (C=O) groups excluding carboxylic acids is 1. The third-order valence-electron chi connectivity index (χ3n) is 9.68. The van der Waals surface area contributed by atoms with Crippen LogP contribution in [0.5, 0.6) is 46.0 Å². The fraction of sp³-hybridized carbons (Fsp3) is 0.286. The van der Waals surface area contributed by atoms with E-state index in [0.29, 0.717) is 70.3 Å². The van der Waals surface area contributed by atoms with Gasteiger partial charge in [0.25, 0.3) is 0 Å². The van der Waals surface area contributed by atoms with Crippen LogP contribution in [0.4, 0.5) is 0 Å². The van der Waals surface area contributed by atoms with Crippen LogP contribution in [0, 0.1) is 0 Å². The van der Waals surface area contributed by atoms with Gasteiger partial charge in [0.2, 0.25) is 6.10 Å². The van der Waals surface area contributed by atoms with Crippen LogP contribution in [-0.2, 0) is 20.7 Å². The molecule has 0 fully saturated rings. The van der Waals surface area contributed by atoms with Crippen molar-refractivity contribution in [3.05, 3.63) is 88.5 Å². The molecular weight excluding hydrogens is 710 g/mol. The SMILES string of the molecule is CCCCC/C(=C\C(=O)O[C@@H](C(=O)O)[C@H](CNCC)c1cc(O)c(O)c(O)c1)c1cc(O)c(O)c2c1C=C(c1cc(O)c(O)cc1-c1cccc(O)c1)CC2. The maximum absolute atomic E-state index is 13.8. The average Bonchev–Trinajstić information content (AvgIpc) is 3.15. The Labute approximate surface area is 317 Å². The topological polar surface area (TPSA) is 237 Å². The van der Waals surface area contributed by atoms with Gasteiger partial charge in [0.15, 0.2) is 40.2 Å². The molecule has 0 heterocycles. The highest BCUT2D eigenvalue weighted by Crippen LogP contribution is 2.47. The minimum atomic E-state index is -1.81. The number of allylic oxidation sites excluding steroid dienone is 2.